The quantitative estimate of drug-likeness (QED) is 0.405. The molecule has 0 radical (unpaired) electrons. The molecular weight excluding hydrogens is 106 g/mol. The summed E-state index contributed by atoms with van der Waals surface area (Å²) in [5.41, 5.74) is 5.10. The van der Waals surface area contributed by atoms with Crippen molar-refractivity contribution < 1.29 is 9.53 Å². The van der Waals surface area contributed by atoms with E-state index in [1.54, 1.807) is 5.94 Å². The average molecular weight is 115 g/mol. The average Bonchev–Trinajstić information content (AvgIpc) is 1.83. The lowest BCUT2D eigenvalue weighted by Crippen LogP contribution is -2.01. The molecule has 46 valence electrons. The first kappa shape index (κ1) is 7.21. The van der Waals surface area contributed by atoms with Gasteiger partial charge in [-0.2, -0.15) is 0 Å². The molecule has 0 saturated carbocycles. The molecule has 0 aromatic carbocycles. The van der Waals surface area contributed by atoms with E-state index in [1.165, 1.54) is 7.11 Å². The third kappa shape index (κ3) is 2.39. The highest BCUT2D eigenvalue weighted by atomic mass is 16.5. The van der Waals surface area contributed by atoms with Crippen molar-refractivity contribution in [1.29, 1.82) is 0 Å². The topological polar surface area (TPSA) is 52.3 Å². The lowest BCUT2D eigenvalue weighted by molar-refractivity contribution is 0.282. The highest BCUT2D eigenvalue weighted by Gasteiger charge is 1.90. The minimum atomic E-state index is 0.285. The lowest BCUT2D eigenvalue weighted by atomic mass is 10.4. The number of methoxy groups -OCH3 is 1. The summed E-state index contributed by atoms with van der Waals surface area (Å²) in [6.07, 6.45) is 0.472. The summed E-state index contributed by atoms with van der Waals surface area (Å²) in [5.74, 6) is 1.90. The molecule has 0 fully saturated rings. The smallest absolute Gasteiger partial charge is 0.180 e. The van der Waals surface area contributed by atoms with Crippen LogP contribution in [0.4, 0.5) is 0 Å². The zero-order chi connectivity index (χ0) is 6.41. The van der Waals surface area contributed by atoms with Crippen LogP contribution >= 0.6 is 0 Å². The fourth-order valence-corrected chi connectivity index (χ4v) is 0.326. The van der Waals surface area contributed by atoms with Crippen LogP contribution in [0.5, 0.6) is 0 Å². The summed E-state index contributed by atoms with van der Waals surface area (Å²) in [5, 5.41) is 0. The van der Waals surface area contributed by atoms with Gasteiger partial charge in [0.2, 0.25) is 0 Å². The highest BCUT2D eigenvalue weighted by molar-refractivity contribution is 5.49. The minimum absolute atomic E-state index is 0.285. The predicted molar refractivity (Wildman–Crippen MR) is 29.9 cm³/mol. The zero-order valence-electron chi connectivity index (χ0n) is 4.81. The highest BCUT2D eigenvalue weighted by Crippen LogP contribution is 1.91. The van der Waals surface area contributed by atoms with E-state index in [9.17, 15) is 4.79 Å². The van der Waals surface area contributed by atoms with Gasteiger partial charge in [0.05, 0.1) is 7.11 Å². The maximum atomic E-state index is 9.78. The maximum absolute atomic E-state index is 9.78. The molecule has 2 N–H and O–H groups in total. The summed E-state index contributed by atoms with van der Waals surface area (Å²) in [6, 6.07) is 0. The second-order valence-corrected chi connectivity index (χ2v) is 1.27. The molecule has 0 aromatic rings. The van der Waals surface area contributed by atoms with E-state index in [0.717, 1.165) is 0 Å². The van der Waals surface area contributed by atoms with Gasteiger partial charge in [-0.25, -0.2) is 4.79 Å². The molecule has 0 rings (SSSR count). The summed E-state index contributed by atoms with van der Waals surface area (Å²) in [4.78, 5) is 9.78. The van der Waals surface area contributed by atoms with Gasteiger partial charge in [-0.3, -0.25) is 0 Å². The molecule has 8 heavy (non-hydrogen) atoms. The van der Waals surface area contributed by atoms with Crippen LogP contribution in [0.1, 0.15) is 6.42 Å². The zero-order valence-corrected chi connectivity index (χ0v) is 4.81. The number of rotatable bonds is 3. The molecule has 0 aliphatic heterocycles. The minimum Gasteiger partial charge on any atom is -0.490 e. The Labute approximate surface area is 48.1 Å². The fraction of sp³-hybridized carbons (Fsp3) is 0.600. The van der Waals surface area contributed by atoms with Crippen molar-refractivity contribution in [3.8, 4) is 0 Å². The van der Waals surface area contributed by atoms with E-state index >= 15 is 0 Å². The molecule has 3 heteroatoms. The van der Waals surface area contributed by atoms with Crippen molar-refractivity contribution in [1.82, 2.24) is 0 Å². The van der Waals surface area contributed by atoms with Crippen LogP contribution in [0.2, 0.25) is 0 Å². The Hall–Kier alpha value is -0.790. The van der Waals surface area contributed by atoms with E-state index in [-0.39, 0.29) is 5.76 Å². The van der Waals surface area contributed by atoms with E-state index < -0.39 is 0 Å². The van der Waals surface area contributed by atoms with E-state index in [0.29, 0.717) is 13.0 Å². The Morgan fingerprint density at radius 1 is 1.88 bits per heavy atom. The number of hydrogen-bond donors (Lipinski definition) is 1. The van der Waals surface area contributed by atoms with Gasteiger partial charge in [-0.15, -0.1) is 0 Å². The van der Waals surface area contributed by atoms with Crippen molar-refractivity contribution in [2.45, 2.75) is 6.42 Å². The standard InChI is InChI=1S/C5H9NO2/c1-8-5(4-7)2-3-6/h2-3,6H2,1H3. The Kier molecular flexibility index (Phi) is 3.94. The third-order valence-corrected chi connectivity index (χ3v) is 0.732. The summed E-state index contributed by atoms with van der Waals surface area (Å²) in [7, 11) is 1.43. The maximum Gasteiger partial charge on any atom is 0.180 e. The second kappa shape index (κ2) is 4.37. The lowest BCUT2D eigenvalue weighted by Gasteiger charge is -1.95. The first-order chi connectivity index (χ1) is 3.85. The van der Waals surface area contributed by atoms with Gasteiger partial charge < -0.3 is 10.5 Å². The van der Waals surface area contributed by atoms with Crippen LogP contribution in [0.25, 0.3) is 0 Å². The van der Waals surface area contributed by atoms with E-state index in [1.807, 2.05) is 0 Å². The molecule has 0 amide bonds. The number of nitrogens with two attached hydrogens (primary N) is 1. The second-order valence-electron chi connectivity index (χ2n) is 1.27. The molecule has 0 spiro atoms. The normalized spacial score (nSPS) is 7.75. The van der Waals surface area contributed by atoms with Gasteiger partial charge in [0.1, 0.15) is 0 Å². The van der Waals surface area contributed by atoms with Crippen LogP contribution in [0.3, 0.4) is 0 Å². The van der Waals surface area contributed by atoms with E-state index in [4.69, 9.17) is 5.73 Å². The van der Waals surface area contributed by atoms with Crippen molar-refractivity contribution in [3.63, 3.8) is 0 Å². The largest absolute Gasteiger partial charge is 0.490 e. The molecule has 0 atom stereocenters. The van der Waals surface area contributed by atoms with Gasteiger partial charge in [-0.1, -0.05) is 0 Å². The third-order valence-electron chi connectivity index (χ3n) is 0.732. The van der Waals surface area contributed by atoms with Crippen molar-refractivity contribution >= 4 is 5.94 Å². The summed E-state index contributed by atoms with van der Waals surface area (Å²) in [6.45, 7) is 0.429. The summed E-state index contributed by atoms with van der Waals surface area (Å²) < 4.78 is 4.55. The molecular formula is C5H9NO2. The molecule has 0 aliphatic rings. The van der Waals surface area contributed by atoms with Gasteiger partial charge in [0, 0.05) is 13.0 Å². The van der Waals surface area contributed by atoms with Gasteiger partial charge in [0.25, 0.3) is 0 Å². The SMILES string of the molecule is COC(=C=O)CCN. The first-order valence-electron chi connectivity index (χ1n) is 2.33. The van der Waals surface area contributed by atoms with Crippen molar-refractivity contribution in [3.05, 3.63) is 5.76 Å². The van der Waals surface area contributed by atoms with Crippen LogP contribution in [-0.4, -0.2) is 19.6 Å². The van der Waals surface area contributed by atoms with Crippen molar-refractivity contribution in [2.24, 2.45) is 5.73 Å². The molecule has 0 aliphatic carbocycles. The first-order valence-corrected chi connectivity index (χ1v) is 2.33. The molecule has 0 saturated heterocycles. The predicted octanol–water partition coefficient (Wildman–Crippen LogP) is -0.303. The number of hydrogen-bond acceptors (Lipinski definition) is 3. The van der Waals surface area contributed by atoms with Crippen LogP contribution in [0, 0.1) is 0 Å². The molecule has 0 bridgehead atoms. The Morgan fingerprint density at radius 3 is 2.62 bits per heavy atom. The summed E-state index contributed by atoms with van der Waals surface area (Å²) >= 11 is 0. The Bertz CT molecular complexity index is 105. The molecule has 0 heterocycles. The molecule has 3 nitrogen and oxygen atoms in total. The Balaban J connectivity index is 3.55. The van der Waals surface area contributed by atoms with Crippen molar-refractivity contribution in [2.75, 3.05) is 13.7 Å². The van der Waals surface area contributed by atoms with Crippen LogP contribution in [0.15, 0.2) is 5.76 Å². The number of ether oxygens (including phenoxy) is 1. The molecule has 0 aromatic heterocycles. The monoisotopic (exact) mass is 115 g/mol. The fourth-order valence-electron chi connectivity index (χ4n) is 0.326. The van der Waals surface area contributed by atoms with E-state index in [2.05, 4.69) is 4.74 Å². The number of carbonyl (C=O) groups excluding carboxylic acids is 1. The Morgan fingerprint density at radius 2 is 2.50 bits per heavy atom. The van der Waals surface area contributed by atoms with Gasteiger partial charge in [-0.05, 0) is 0 Å². The van der Waals surface area contributed by atoms with Gasteiger partial charge >= 0.3 is 0 Å². The van der Waals surface area contributed by atoms with Gasteiger partial charge in [0.15, 0.2) is 11.7 Å². The van der Waals surface area contributed by atoms with Crippen LogP contribution < -0.4 is 5.73 Å². The molecule has 0 unspecified atom stereocenters. The van der Waals surface area contributed by atoms with Crippen LogP contribution in [-0.2, 0) is 9.53 Å².